The van der Waals surface area contributed by atoms with Crippen molar-refractivity contribution >= 4 is 0 Å². The number of aliphatic hydroxyl groups is 14. The molecule has 0 aromatic carbocycles. The summed E-state index contributed by atoms with van der Waals surface area (Å²) in [5.41, 5.74) is 0. The lowest BCUT2D eigenvalue weighted by Crippen LogP contribution is -2.67. The average Bonchev–Trinajstić information content (AvgIpc) is 3.17. The molecule has 5 aliphatic rings. The smallest absolute Gasteiger partial charge is 0.187 e. The molecule has 14 N–H and O–H groups in total. The largest absolute Gasteiger partial charge is 0.394 e. The van der Waals surface area contributed by atoms with Crippen molar-refractivity contribution in [3.05, 3.63) is 0 Å². The minimum atomic E-state index is -2.05. The molecule has 5 heterocycles. The van der Waals surface area contributed by atoms with E-state index in [2.05, 4.69) is 0 Å². The number of aliphatic hydroxyl groups excluding tert-OH is 14. The third kappa shape index (κ3) is 9.92. The Morgan fingerprint density at radius 2 is 0.873 bits per heavy atom. The summed E-state index contributed by atoms with van der Waals surface area (Å²) in [6.45, 7) is -3.42. The molecule has 0 amide bonds. The first-order valence-electron chi connectivity index (χ1n) is 17.8. The number of hydrogen-bond donors (Lipinski definition) is 14. The van der Waals surface area contributed by atoms with Gasteiger partial charge < -0.3 is 119 Å². The summed E-state index contributed by atoms with van der Waals surface area (Å²) in [5.74, 6) is 0. The molecule has 322 valence electrons. The van der Waals surface area contributed by atoms with Gasteiger partial charge >= 0.3 is 0 Å². The monoisotopic (exact) mass is 810 g/mol. The van der Waals surface area contributed by atoms with Crippen LogP contribution in [0.2, 0.25) is 0 Å². The second-order valence-corrected chi connectivity index (χ2v) is 14.0. The number of rotatable bonds is 14. The molecule has 5 rings (SSSR count). The predicted molar refractivity (Wildman–Crippen MR) is 169 cm³/mol. The molecular weight excluding hydrogens is 756 g/mol. The van der Waals surface area contributed by atoms with E-state index in [4.69, 9.17) is 47.4 Å². The normalized spacial score (nSPS) is 51.2. The maximum atomic E-state index is 11.4. The van der Waals surface area contributed by atoms with E-state index in [0.717, 1.165) is 0 Å². The fourth-order valence-electron chi connectivity index (χ4n) is 7.18. The van der Waals surface area contributed by atoms with E-state index in [-0.39, 0.29) is 12.8 Å². The maximum Gasteiger partial charge on any atom is 0.187 e. The summed E-state index contributed by atoms with van der Waals surface area (Å²) >= 11 is 0. The van der Waals surface area contributed by atoms with Crippen LogP contribution in [0.25, 0.3) is 0 Å². The summed E-state index contributed by atoms with van der Waals surface area (Å²) in [4.78, 5) is 0. The number of hydrogen-bond acceptors (Lipinski definition) is 24. The van der Waals surface area contributed by atoms with E-state index in [1.165, 1.54) is 7.11 Å². The van der Waals surface area contributed by atoms with Crippen LogP contribution in [0.1, 0.15) is 12.8 Å². The molecule has 5 fully saturated rings. The zero-order valence-electron chi connectivity index (χ0n) is 29.6. The van der Waals surface area contributed by atoms with E-state index in [1.807, 2.05) is 0 Å². The van der Waals surface area contributed by atoms with Gasteiger partial charge in [0, 0.05) is 20.0 Å². The Morgan fingerprint density at radius 3 is 1.35 bits per heavy atom. The molecule has 55 heavy (non-hydrogen) atoms. The van der Waals surface area contributed by atoms with Gasteiger partial charge in [-0.3, -0.25) is 0 Å². The Bertz CT molecular complexity index is 1150. The lowest BCUT2D eigenvalue weighted by molar-refractivity contribution is -0.390. The third-order valence-corrected chi connectivity index (χ3v) is 10.3. The van der Waals surface area contributed by atoms with Crippen molar-refractivity contribution in [1.82, 2.24) is 0 Å². The van der Waals surface area contributed by atoms with Gasteiger partial charge in [-0.05, 0) is 0 Å². The molecule has 24 heteroatoms. The van der Waals surface area contributed by atoms with Crippen molar-refractivity contribution in [2.24, 2.45) is 0 Å². The SMILES string of the molecule is CO[C@@H]1C(CO)O[C@@H](O[C@H]2C(O)C(O)[C@H](O[C@@H]3C(CO[C@@H]4C[C@@H](O)CC(CO)O4)O[C@@H](O[C@H]4C(O)C(O)[C@H](O)O[C@H]4CO)C(O)[C@H]3O)O[C@H]2CO)C(O)[C@H]1O. The minimum Gasteiger partial charge on any atom is -0.394 e. The van der Waals surface area contributed by atoms with Crippen LogP contribution in [0.3, 0.4) is 0 Å². The number of methoxy groups -OCH3 is 1. The lowest BCUT2D eigenvalue weighted by atomic mass is 9.95. The predicted octanol–water partition coefficient (Wildman–Crippen LogP) is -9.21. The molecule has 5 aliphatic heterocycles. The fraction of sp³-hybridized carbons (Fsp3) is 1.00. The molecular formula is C31H54O24. The molecule has 23 atom stereocenters. The van der Waals surface area contributed by atoms with Gasteiger partial charge in [-0.25, -0.2) is 0 Å². The lowest BCUT2D eigenvalue weighted by Gasteiger charge is -2.49. The van der Waals surface area contributed by atoms with Crippen molar-refractivity contribution in [2.45, 2.75) is 154 Å². The molecule has 0 saturated carbocycles. The van der Waals surface area contributed by atoms with Gasteiger partial charge in [0.2, 0.25) is 0 Å². The molecule has 9 unspecified atom stereocenters. The van der Waals surface area contributed by atoms with Gasteiger partial charge in [0.25, 0.3) is 0 Å². The van der Waals surface area contributed by atoms with E-state index in [0.29, 0.717) is 0 Å². The third-order valence-electron chi connectivity index (χ3n) is 10.3. The maximum absolute atomic E-state index is 11.4. The first kappa shape index (κ1) is 45.1. The van der Waals surface area contributed by atoms with Crippen LogP contribution >= 0.6 is 0 Å². The Morgan fingerprint density at radius 1 is 0.455 bits per heavy atom. The van der Waals surface area contributed by atoms with Crippen molar-refractivity contribution in [3.8, 4) is 0 Å². The van der Waals surface area contributed by atoms with E-state index >= 15 is 0 Å². The highest BCUT2D eigenvalue weighted by atomic mass is 16.8. The summed E-state index contributed by atoms with van der Waals surface area (Å²) in [6, 6.07) is 0. The second-order valence-electron chi connectivity index (χ2n) is 14.0. The summed E-state index contributed by atoms with van der Waals surface area (Å²) < 4.78 is 55.8. The van der Waals surface area contributed by atoms with Crippen LogP contribution in [0.5, 0.6) is 0 Å². The highest BCUT2D eigenvalue weighted by molar-refractivity contribution is 4.98. The van der Waals surface area contributed by atoms with Gasteiger partial charge in [0.1, 0.15) is 97.7 Å². The first-order valence-corrected chi connectivity index (χ1v) is 17.8. The first-order chi connectivity index (χ1) is 26.2. The second kappa shape index (κ2) is 19.9. The quantitative estimate of drug-likeness (QED) is 0.0774. The van der Waals surface area contributed by atoms with Crippen LogP contribution in [-0.4, -0.2) is 253 Å². The molecule has 0 aliphatic carbocycles. The Balaban J connectivity index is 1.33. The molecule has 0 aromatic rings. The number of ether oxygens (including phenoxy) is 10. The van der Waals surface area contributed by atoms with Crippen LogP contribution in [0.4, 0.5) is 0 Å². The minimum absolute atomic E-state index is 0.0539. The highest BCUT2D eigenvalue weighted by Gasteiger charge is 2.55. The summed E-state index contributed by atoms with van der Waals surface area (Å²) in [6.07, 6.45) is -37.4. The van der Waals surface area contributed by atoms with E-state index in [1.54, 1.807) is 0 Å². The van der Waals surface area contributed by atoms with Gasteiger partial charge in [0.15, 0.2) is 31.5 Å². The standard InChI is InChI=1S/C31H54O24/c1-46-24-11(5-33)50-29(21(42)17(24)38)54-26-13(7-35)51-30(22(43)18(26)39)55-27-14(8-47-15-3-9(36)2-10(4-32)48-15)52-31(23(44)19(27)40)53-25-12(6-34)49-28(45)20(41)16(25)37/h9-45H,2-8H2,1H3/t9-,10?,11?,12-,13-,14?,15-,16?,17+,18?,19+,20?,21?,22?,23?,24+,25+,26+,27+,28+,29-,30-,31-/m0/s1. The zero-order chi connectivity index (χ0) is 40.3. The van der Waals surface area contributed by atoms with Crippen LogP contribution in [0.15, 0.2) is 0 Å². The Hall–Kier alpha value is -0.960. The van der Waals surface area contributed by atoms with Crippen molar-refractivity contribution < 1.29 is 119 Å². The molecule has 0 aromatic heterocycles. The van der Waals surface area contributed by atoms with Crippen molar-refractivity contribution in [2.75, 3.05) is 40.1 Å². The van der Waals surface area contributed by atoms with Crippen LogP contribution in [-0.2, 0) is 47.4 Å². The average molecular weight is 811 g/mol. The molecule has 0 bridgehead atoms. The van der Waals surface area contributed by atoms with Gasteiger partial charge in [-0.2, -0.15) is 0 Å². The molecule has 24 nitrogen and oxygen atoms in total. The topological polar surface area (TPSA) is 376 Å². The highest BCUT2D eigenvalue weighted by Crippen LogP contribution is 2.35. The zero-order valence-corrected chi connectivity index (χ0v) is 29.6. The van der Waals surface area contributed by atoms with Crippen LogP contribution in [0, 0.1) is 0 Å². The molecule has 0 radical (unpaired) electrons. The van der Waals surface area contributed by atoms with Gasteiger partial charge in [0.05, 0.1) is 45.2 Å². The van der Waals surface area contributed by atoms with E-state index < -0.39 is 174 Å². The summed E-state index contributed by atoms with van der Waals surface area (Å²) in [5, 5.41) is 146. The van der Waals surface area contributed by atoms with E-state index in [9.17, 15) is 71.5 Å². The molecule has 0 spiro atoms. The Kier molecular flexibility index (Phi) is 16.3. The van der Waals surface area contributed by atoms with Crippen molar-refractivity contribution in [3.63, 3.8) is 0 Å². The summed E-state index contributed by atoms with van der Waals surface area (Å²) in [7, 11) is 1.21. The van der Waals surface area contributed by atoms with Gasteiger partial charge in [-0.1, -0.05) is 0 Å². The van der Waals surface area contributed by atoms with Crippen molar-refractivity contribution in [1.29, 1.82) is 0 Å². The van der Waals surface area contributed by atoms with Crippen LogP contribution < -0.4 is 0 Å². The van der Waals surface area contributed by atoms with Gasteiger partial charge in [-0.15, -0.1) is 0 Å². The molecule has 5 saturated heterocycles. The Labute approximate surface area is 313 Å². The fourth-order valence-corrected chi connectivity index (χ4v) is 7.18.